The second-order valence-corrected chi connectivity index (χ2v) is 13.3. The third-order valence-corrected chi connectivity index (χ3v) is 9.12. The highest BCUT2D eigenvalue weighted by atomic mass is 32.2. The van der Waals surface area contributed by atoms with Gasteiger partial charge in [0.15, 0.2) is 0 Å². The smallest absolute Gasteiger partial charge is 0.317 e. The van der Waals surface area contributed by atoms with E-state index >= 15 is 0 Å². The van der Waals surface area contributed by atoms with Crippen LogP contribution in [0.25, 0.3) is 10.8 Å². The average molecular weight is 612 g/mol. The molecule has 0 saturated carbocycles. The molecule has 234 valence electrons. The van der Waals surface area contributed by atoms with E-state index in [1.165, 1.54) is 21.3 Å². The third kappa shape index (κ3) is 9.67. The van der Waals surface area contributed by atoms with Crippen molar-refractivity contribution in [1.29, 1.82) is 0 Å². The molecule has 0 aliphatic heterocycles. The minimum Gasteiger partial charge on any atom is -0.399 e. The van der Waals surface area contributed by atoms with E-state index < -0.39 is 22.1 Å². The number of sulfonamides is 1. The lowest BCUT2D eigenvalue weighted by molar-refractivity contribution is -0.122. The first-order valence-electron chi connectivity index (χ1n) is 14.6. The van der Waals surface area contributed by atoms with Crippen LogP contribution in [0.15, 0.2) is 71.6 Å². The quantitative estimate of drug-likeness (QED) is 0.153. The molecule has 3 amide bonds. The van der Waals surface area contributed by atoms with Crippen molar-refractivity contribution in [2.45, 2.75) is 56.5 Å². The number of fused-ring (bicyclic) bond motifs is 1. The first-order valence-corrected chi connectivity index (χ1v) is 16.1. The van der Waals surface area contributed by atoms with Crippen molar-refractivity contribution in [3.63, 3.8) is 0 Å². The van der Waals surface area contributed by atoms with E-state index in [0.29, 0.717) is 37.9 Å². The second kappa shape index (κ2) is 15.7. The van der Waals surface area contributed by atoms with Crippen LogP contribution >= 0.6 is 0 Å². The monoisotopic (exact) mass is 611 g/mol. The number of hydrogen-bond acceptors (Lipinski definition) is 6. The van der Waals surface area contributed by atoms with Crippen molar-refractivity contribution >= 4 is 38.4 Å². The topological polar surface area (TPSA) is 145 Å². The summed E-state index contributed by atoms with van der Waals surface area (Å²) in [6.07, 6.45) is 1.90. The number of nitrogen functional groups attached to an aromatic ring is 1. The van der Waals surface area contributed by atoms with Crippen LogP contribution < -0.4 is 16.4 Å². The number of aliphatic hydroxyl groups is 1. The number of urea groups is 1. The van der Waals surface area contributed by atoms with E-state index in [-0.39, 0.29) is 35.9 Å². The Bertz CT molecular complexity index is 1460. The number of unbranched alkanes of at least 4 members (excludes halogenated alkanes) is 1. The summed E-state index contributed by atoms with van der Waals surface area (Å²) in [4.78, 5) is 27.1. The first-order chi connectivity index (χ1) is 20.4. The van der Waals surface area contributed by atoms with E-state index in [1.807, 2.05) is 56.3 Å². The van der Waals surface area contributed by atoms with Crippen molar-refractivity contribution in [2.24, 2.45) is 5.92 Å². The minimum atomic E-state index is -3.85. The van der Waals surface area contributed by atoms with Crippen LogP contribution in [0.1, 0.15) is 38.7 Å². The predicted octanol–water partition coefficient (Wildman–Crippen LogP) is 3.60. The lowest BCUT2D eigenvalue weighted by atomic mass is 10.0. The molecule has 0 bridgehead atoms. The Balaban J connectivity index is 1.61. The van der Waals surface area contributed by atoms with Crippen LogP contribution in [-0.2, 0) is 21.2 Å². The fourth-order valence-electron chi connectivity index (χ4n) is 4.83. The fraction of sp³-hybridized carbons (Fsp3) is 0.438. The van der Waals surface area contributed by atoms with Gasteiger partial charge < -0.3 is 26.4 Å². The highest BCUT2D eigenvalue weighted by Crippen LogP contribution is 2.23. The summed E-state index contributed by atoms with van der Waals surface area (Å²) in [5, 5.41) is 18.1. The predicted molar refractivity (Wildman–Crippen MR) is 171 cm³/mol. The number of nitrogens with two attached hydrogens (primary N) is 1. The lowest BCUT2D eigenvalue weighted by Gasteiger charge is -2.31. The summed E-state index contributed by atoms with van der Waals surface area (Å²) in [7, 11) is -0.612. The van der Waals surface area contributed by atoms with Gasteiger partial charge in [-0.05, 0) is 59.4 Å². The maximum Gasteiger partial charge on any atom is 0.317 e. The molecule has 3 rings (SSSR count). The van der Waals surface area contributed by atoms with Crippen LogP contribution in [0.2, 0.25) is 0 Å². The number of aliphatic hydroxyl groups excluding tert-OH is 1. The van der Waals surface area contributed by atoms with E-state index in [4.69, 9.17) is 5.73 Å². The molecule has 43 heavy (non-hydrogen) atoms. The molecule has 10 nitrogen and oxygen atoms in total. The Hall–Kier alpha value is -3.67. The summed E-state index contributed by atoms with van der Waals surface area (Å²) in [6.45, 7) is 4.14. The second-order valence-electron chi connectivity index (χ2n) is 11.4. The highest BCUT2D eigenvalue weighted by molar-refractivity contribution is 7.89. The third-order valence-electron chi connectivity index (χ3n) is 7.19. The Morgan fingerprint density at radius 1 is 0.953 bits per heavy atom. The summed E-state index contributed by atoms with van der Waals surface area (Å²) < 4.78 is 28.3. The molecule has 0 radical (unpaired) electrons. The van der Waals surface area contributed by atoms with Gasteiger partial charge in [0.05, 0.1) is 11.5 Å². The van der Waals surface area contributed by atoms with Gasteiger partial charge in [-0.3, -0.25) is 4.79 Å². The Kier molecular flexibility index (Phi) is 12.4. The number of carbonyl (C=O) groups is 2. The van der Waals surface area contributed by atoms with Crippen molar-refractivity contribution in [3.05, 3.63) is 72.3 Å². The van der Waals surface area contributed by atoms with Crippen LogP contribution in [0, 0.1) is 5.92 Å². The zero-order valence-corrected chi connectivity index (χ0v) is 26.3. The van der Waals surface area contributed by atoms with Gasteiger partial charge in [0, 0.05) is 45.3 Å². The van der Waals surface area contributed by atoms with E-state index in [9.17, 15) is 23.1 Å². The maximum atomic E-state index is 13.5. The molecule has 0 fully saturated rings. The van der Waals surface area contributed by atoms with E-state index in [2.05, 4.69) is 10.6 Å². The summed E-state index contributed by atoms with van der Waals surface area (Å²) >= 11 is 0. The molecule has 0 aromatic heterocycles. The molecule has 0 heterocycles. The number of hydrogen-bond donors (Lipinski definition) is 4. The zero-order chi connectivity index (χ0) is 31.6. The van der Waals surface area contributed by atoms with Crippen LogP contribution in [0.3, 0.4) is 0 Å². The molecule has 0 aliphatic rings. The molecule has 0 spiro atoms. The van der Waals surface area contributed by atoms with Gasteiger partial charge in [-0.1, -0.05) is 62.7 Å². The summed E-state index contributed by atoms with van der Waals surface area (Å²) in [6, 6.07) is 18.2. The number of nitrogens with one attached hydrogen (secondary N) is 2. The standard InChI is InChI=1S/C32H45N5O5S/c1-23(2)21-37(43(41,42)29-16-14-27(33)15-17-29)28(22-38)11-7-8-18-34-31(39)30(35-32(40)36(3)4)20-24-12-13-25-9-5-6-10-26(25)19-24/h5-6,9-10,12-17,19,23,28,30,38H,7-8,11,18,20-22,33H2,1-4H3,(H,34,39)(H,35,40)/t28?,30-/m0/s1. The Morgan fingerprint density at radius 2 is 1.63 bits per heavy atom. The molecule has 5 N–H and O–H groups in total. The van der Waals surface area contributed by atoms with Gasteiger partial charge in [0.2, 0.25) is 15.9 Å². The lowest BCUT2D eigenvalue weighted by Crippen LogP contribution is -2.51. The van der Waals surface area contributed by atoms with Crippen molar-refractivity contribution in [3.8, 4) is 0 Å². The van der Waals surface area contributed by atoms with Gasteiger partial charge in [-0.15, -0.1) is 0 Å². The normalized spacial score (nSPS) is 13.2. The molecule has 3 aromatic rings. The molecular formula is C32H45N5O5S. The number of carbonyl (C=O) groups excluding carboxylic acids is 2. The number of nitrogens with zero attached hydrogens (tertiary/aromatic N) is 2. The van der Waals surface area contributed by atoms with Crippen molar-refractivity contribution < 1.29 is 23.1 Å². The van der Waals surface area contributed by atoms with Crippen LogP contribution in [0.5, 0.6) is 0 Å². The number of amides is 3. The Labute approximate surface area is 255 Å². The molecule has 11 heteroatoms. The summed E-state index contributed by atoms with van der Waals surface area (Å²) in [5.74, 6) is -0.247. The first kappa shape index (κ1) is 33.8. The van der Waals surface area contributed by atoms with E-state index in [0.717, 1.165) is 16.3 Å². The fourth-order valence-corrected chi connectivity index (χ4v) is 6.64. The van der Waals surface area contributed by atoms with Gasteiger partial charge in [0.1, 0.15) is 6.04 Å². The average Bonchev–Trinajstić information content (AvgIpc) is 2.97. The SMILES string of the molecule is CC(C)CN(C(CO)CCCCNC(=O)[C@H](Cc1ccc2ccccc2c1)NC(=O)N(C)C)S(=O)(=O)c1ccc(N)cc1. The maximum absolute atomic E-state index is 13.5. The van der Waals surface area contributed by atoms with Crippen molar-refractivity contribution in [2.75, 3.05) is 39.5 Å². The van der Waals surface area contributed by atoms with Crippen molar-refractivity contribution in [1.82, 2.24) is 19.8 Å². The molecule has 0 saturated heterocycles. The largest absolute Gasteiger partial charge is 0.399 e. The Morgan fingerprint density at radius 3 is 2.26 bits per heavy atom. The van der Waals surface area contributed by atoms with Crippen LogP contribution in [0.4, 0.5) is 10.5 Å². The van der Waals surface area contributed by atoms with Crippen LogP contribution in [-0.4, -0.2) is 80.5 Å². The molecule has 2 atom stereocenters. The number of rotatable bonds is 15. The minimum absolute atomic E-state index is 0.0498. The van der Waals surface area contributed by atoms with Gasteiger partial charge in [-0.2, -0.15) is 4.31 Å². The highest BCUT2D eigenvalue weighted by Gasteiger charge is 2.31. The molecular weight excluding hydrogens is 566 g/mol. The number of benzene rings is 3. The molecule has 0 aliphatic carbocycles. The van der Waals surface area contributed by atoms with E-state index in [1.54, 1.807) is 26.2 Å². The number of anilines is 1. The van der Waals surface area contributed by atoms with Gasteiger partial charge in [0.25, 0.3) is 0 Å². The van der Waals surface area contributed by atoms with Gasteiger partial charge >= 0.3 is 6.03 Å². The molecule has 1 unspecified atom stereocenters. The van der Waals surface area contributed by atoms with Gasteiger partial charge in [-0.25, -0.2) is 13.2 Å². The molecule has 3 aromatic carbocycles. The summed E-state index contributed by atoms with van der Waals surface area (Å²) in [5.41, 5.74) is 7.14. The zero-order valence-electron chi connectivity index (χ0n) is 25.5.